The van der Waals surface area contributed by atoms with Gasteiger partial charge in [0.2, 0.25) is 0 Å². The van der Waals surface area contributed by atoms with Crippen molar-refractivity contribution in [2.24, 2.45) is 0 Å². The molecular formula is C25H33NO. The Balaban J connectivity index is 1.81. The zero-order valence-corrected chi connectivity index (χ0v) is 16.6. The minimum Gasteiger partial charge on any atom is -0.381 e. The third-order valence-electron chi connectivity index (χ3n) is 4.35. The van der Waals surface area contributed by atoms with Gasteiger partial charge < -0.3 is 4.74 Å². The fourth-order valence-electron chi connectivity index (χ4n) is 2.80. The molecule has 144 valence electrons. The highest BCUT2D eigenvalue weighted by molar-refractivity contribution is 5.49. The molecule has 0 radical (unpaired) electrons. The van der Waals surface area contributed by atoms with E-state index in [0.717, 1.165) is 45.7 Å². The van der Waals surface area contributed by atoms with Crippen molar-refractivity contribution in [3.8, 4) is 0 Å². The topological polar surface area (TPSA) is 12.5 Å². The van der Waals surface area contributed by atoms with Crippen molar-refractivity contribution in [3.05, 3.63) is 83.9 Å². The molecule has 0 amide bonds. The SMILES string of the molecule is CCCCOCCCN(CC=Cc1ccccc1)CC=Cc1ccccc1. The third kappa shape index (κ3) is 9.93. The molecule has 2 aromatic rings. The first-order chi connectivity index (χ1) is 13.4. The average Bonchev–Trinajstić information content (AvgIpc) is 2.72. The van der Waals surface area contributed by atoms with Crippen molar-refractivity contribution in [1.29, 1.82) is 0 Å². The Morgan fingerprint density at radius 2 is 1.26 bits per heavy atom. The number of nitrogens with zero attached hydrogens (tertiary/aromatic N) is 1. The molecule has 0 fully saturated rings. The van der Waals surface area contributed by atoms with Gasteiger partial charge >= 0.3 is 0 Å². The Morgan fingerprint density at radius 3 is 1.78 bits per heavy atom. The molecule has 0 aromatic heterocycles. The molecule has 0 aliphatic heterocycles. The number of hydrogen-bond donors (Lipinski definition) is 0. The van der Waals surface area contributed by atoms with Gasteiger partial charge in [0.25, 0.3) is 0 Å². The molecule has 0 bridgehead atoms. The molecule has 0 N–H and O–H groups in total. The summed E-state index contributed by atoms with van der Waals surface area (Å²) in [6.07, 6.45) is 12.3. The van der Waals surface area contributed by atoms with Gasteiger partial charge in [0.15, 0.2) is 0 Å². The maximum atomic E-state index is 5.71. The molecule has 0 heterocycles. The lowest BCUT2D eigenvalue weighted by Crippen LogP contribution is -2.26. The van der Waals surface area contributed by atoms with E-state index in [2.05, 4.69) is 96.8 Å². The van der Waals surface area contributed by atoms with Crippen molar-refractivity contribution in [2.75, 3.05) is 32.8 Å². The van der Waals surface area contributed by atoms with Crippen LogP contribution in [-0.2, 0) is 4.74 Å². The third-order valence-corrected chi connectivity index (χ3v) is 4.35. The van der Waals surface area contributed by atoms with Gasteiger partial charge in [-0.15, -0.1) is 0 Å². The zero-order chi connectivity index (χ0) is 19.0. The largest absolute Gasteiger partial charge is 0.381 e. The van der Waals surface area contributed by atoms with Crippen LogP contribution >= 0.6 is 0 Å². The number of unbranched alkanes of at least 4 members (excludes halogenated alkanes) is 1. The van der Waals surface area contributed by atoms with Gasteiger partial charge in [-0.05, 0) is 24.0 Å². The number of ether oxygens (including phenoxy) is 1. The molecule has 2 rings (SSSR count). The normalized spacial score (nSPS) is 11.8. The van der Waals surface area contributed by atoms with Crippen LogP contribution in [-0.4, -0.2) is 37.7 Å². The van der Waals surface area contributed by atoms with Gasteiger partial charge in [0.1, 0.15) is 0 Å². The summed E-state index contributed by atoms with van der Waals surface area (Å²) in [5.41, 5.74) is 2.50. The standard InChI is InChI=1S/C25H33NO/c1-2-3-22-27-23-12-21-26(19-10-17-24-13-6-4-7-14-24)20-11-18-25-15-8-5-9-16-25/h4-11,13-18H,2-3,12,19-23H2,1H3. The second kappa shape index (κ2) is 14.0. The number of hydrogen-bond acceptors (Lipinski definition) is 2. The second-order valence-corrected chi connectivity index (χ2v) is 6.71. The molecule has 0 spiro atoms. The Hall–Kier alpha value is -2.16. The monoisotopic (exact) mass is 363 g/mol. The molecule has 2 heteroatoms. The van der Waals surface area contributed by atoms with Crippen LogP contribution in [0.15, 0.2) is 72.8 Å². The lowest BCUT2D eigenvalue weighted by molar-refractivity contribution is 0.121. The summed E-state index contributed by atoms with van der Waals surface area (Å²) in [6, 6.07) is 21.0. The van der Waals surface area contributed by atoms with Crippen molar-refractivity contribution < 1.29 is 4.74 Å². The van der Waals surface area contributed by atoms with Gasteiger partial charge in [0.05, 0.1) is 0 Å². The highest BCUT2D eigenvalue weighted by atomic mass is 16.5. The first kappa shape index (κ1) is 21.1. The van der Waals surface area contributed by atoms with Gasteiger partial charge in [-0.1, -0.05) is 98.3 Å². The Labute approximate surface area is 165 Å². The van der Waals surface area contributed by atoms with Crippen molar-refractivity contribution in [3.63, 3.8) is 0 Å². The highest BCUT2D eigenvalue weighted by Gasteiger charge is 2.01. The fourth-order valence-corrected chi connectivity index (χ4v) is 2.80. The second-order valence-electron chi connectivity index (χ2n) is 6.71. The van der Waals surface area contributed by atoms with Crippen molar-refractivity contribution in [1.82, 2.24) is 4.90 Å². The lowest BCUT2D eigenvalue weighted by Gasteiger charge is -2.19. The summed E-state index contributed by atoms with van der Waals surface area (Å²) in [5.74, 6) is 0. The van der Waals surface area contributed by atoms with E-state index in [1.54, 1.807) is 0 Å². The highest BCUT2D eigenvalue weighted by Crippen LogP contribution is 2.04. The summed E-state index contributed by atoms with van der Waals surface area (Å²) in [5, 5.41) is 0. The molecular weight excluding hydrogens is 330 g/mol. The van der Waals surface area contributed by atoms with Crippen LogP contribution in [0.3, 0.4) is 0 Å². The molecule has 2 aromatic carbocycles. The molecule has 27 heavy (non-hydrogen) atoms. The van der Waals surface area contributed by atoms with Gasteiger partial charge in [-0.25, -0.2) is 0 Å². The summed E-state index contributed by atoms with van der Waals surface area (Å²) in [4.78, 5) is 2.46. The molecule has 0 aliphatic carbocycles. The molecule has 2 nitrogen and oxygen atoms in total. The first-order valence-corrected chi connectivity index (χ1v) is 10.1. The van der Waals surface area contributed by atoms with E-state index in [0.29, 0.717) is 0 Å². The molecule has 0 aliphatic rings. The predicted molar refractivity (Wildman–Crippen MR) is 118 cm³/mol. The van der Waals surface area contributed by atoms with Crippen LogP contribution in [0.4, 0.5) is 0 Å². The minimum atomic E-state index is 0.849. The lowest BCUT2D eigenvalue weighted by atomic mass is 10.2. The Bertz CT molecular complexity index is 597. The van der Waals surface area contributed by atoms with E-state index in [1.807, 2.05) is 0 Å². The minimum absolute atomic E-state index is 0.849. The van der Waals surface area contributed by atoms with Crippen molar-refractivity contribution in [2.45, 2.75) is 26.2 Å². The van der Waals surface area contributed by atoms with E-state index in [9.17, 15) is 0 Å². The van der Waals surface area contributed by atoms with Gasteiger partial charge in [-0.2, -0.15) is 0 Å². The number of rotatable bonds is 13. The van der Waals surface area contributed by atoms with Crippen molar-refractivity contribution >= 4 is 12.2 Å². The summed E-state index contributed by atoms with van der Waals surface area (Å²) < 4.78 is 5.71. The maximum absolute atomic E-state index is 5.71. The van der Waals surface area contributed by atoms with Crippen LogP contribution in [0.25, 0.3) is 12.2 Å². The van der Waals surface area contributed by atoms with Crippen LogP contribution in [0.5, 0.6) is 0 Å². The quantitative estimate of drug-likeness (QED) is 0.409. The number of benzene rings is 2. The molecule has 0 atom stereocenters. The van der Waals surface area contributed by atoms with Crippen LogP contribution < -0.4 is 0 Å². The van der Waals surface area contributed by atoms with Crippen LogP contribution in [0.1, 0.15) is 37.3 Å². The van der Waals surface area contributed by atoms with E-state index in [1.165, 1.54) is 17.5 Å². The smallest absolute Gasteiger partial charge is 0.0478 e. The molecule has 0 saturated carbocycles. The predicted octanol–water partition coefficient (Wildman–Crippen LogP) is 5.92. The average molecular weight is 364 g/mol. The summed E-state index contributed by atoms with van der Waals surface area (Å²) >= 11 is 0. The van der Waals surface area contributed by atoms with Gasteiger partial charge in [0, 0.05) is 32.8 Å². The Kier molecular flexibility index (Phi) is 10.9. The first-order valence-electron chi connectivity index (χ1n) is 10.1. The zero-order valence-electron chi connectivity index (χ0n) is 16.6. The Morgan fingerprint density at radius 1 is 0.741 bits per heavy atom. The van der Waals surface area contributed by atoms with E-state index in [4.69, 9.17) is 4.74 Å². The van der Waals surface area contributed by atoms with E-state index < -0.39 is 0 Å². The fraction of sp³-hybridized carbons (Fsp3) is 0.360. The summed E-state index contributed by atoms with van der Waals surface area (Å²) in [7, 11) is 0. The van der Waals surface area contributed by atoms with Crippen LogP contribution in [0.2, 0.25) is 0 Å². The summed E-state index contributed by atoms with van der Waals surface area (Å²) in [6.45, 7) is 6.87. The van der Waals surface area contributed by atoms with E-state index >= 15 is 0 Å². The van der Waals surface area contributed by atoms with Gasteiger partial charge in [-0.3, -0.25) is 4.90 Å². The van der Waals surface area contributed by atoms with Crippen LogP contribution in [0, 0.1) is 0 Å². The maximum Gasteiger partial charge on any atom is 0.0478 e. The van der Waals surface area contributed by atoms with E-state index in [-0.39, 0.29) is 0 Å². The molecule has 0 unspecified atom stereocenters. The molecule has 0 saturated heterocycles.